The molecule has 0 aromatic heterocycles. The predicted molar refractivity (Wildman–Crippen MR) is 99.3 cm³/mol. The highest BCUT2D eigenvalue weighted by Crippen LogP contribution is 2.64. The standard InChI is InChI=1S/C19H23FN2O3S/c1-19(2)15(11-22-16-10-13(20)6-9-17(16)25-3)18(19)12-4-7-14(8-5-12)26(21,23)24/h4-10,15,18,22H,11H2,1-3H3,(H2,21,23,24)/t15-,18-/m1/s1. The fraction of sp³-hybridized carbons (Fsp3) is 0.368. The average molecular weight is 378 g/mol. The summed E-state index contributed by atoms with van der Waals surface area (Å²) in [6.07, 6.45) is 0. The average Bonchev–Trinajstić information content (AvgIpc) is 3.13. The van der Waals surface area contributed by atoms with Crippen LogP contribution in [-0.2, 0) is 10.0 Å². The topological polar surface area (TPSA) is 81.4 Å². The SMILES string of the molecule is COc1ccc(F)cc1NC[C@@H]1[C@@H](c2ccc(S(N)(=O)=O)cc2)C1(C)C. The lowest BCUT2D eigenvalue weighted by molar-refractivity contribution is 0.415. The fourth-order valence-corrected chi connectivity index (χ4v) is 4.21. The highest BCUT2D eigenvalue weighted by Gasteiger charge is 2.57. The summed E-state index contributed by atoms with van der Waals surface area (Å²) in [7, 11) is -2.14. The molecule has 3 N–H and O–H groups in total. The zero-order valence-electron chi connectivity index (χ0n) is 15.0. The van der Waals surface area contributed by atoms with Gasteiger partial charge in [0.05, 0.1) is 17.7 Å². The number of sulfonamides is 1. The Hall–Kier alpha value is -2.12. The summed E-state index contributed by atoms with van der Waals surface area (Å²) in [6, 6.07) is 11.1. The first kappa shape index (κ1) is 18.7. The van der Waals surface area contributed by atoms with E-state index in [-0.39, 0.29) is 22.0 Å². The molecule has 1 saturated carbocycles. The molecule has 0 amide bonds. The third-order valence-electron chi connectivity index (χ3n) is 5.29. The van der Waals surface area contributed by atoms with Crippen molar-refractivity contribution in [2.75, 3.05) is 19.0 Å². The molecule has 0 radical (unpaired) electrons. The van der Waals surface area contributed by atoms with E-state index in [1.807, 2.05) is 12.1 Å². The van der Waals surface area contributed by atoms with Crippen molar-refractivity contribution in [3.8, 4) is 5.75 Å². The van der Waals surface area contributed by atoms with Gasteiger partial charge in [0.2, 0.25) is 10.0 Å². The first-order valence-corrected chi connectivity index (χ1v) is 9.89. The molecule has 0 bridgehead atoms. The molecule has 0 heterocycles. The van der Waals surface area contributed by atoms with Gasteiger partial charge in [0.15, 0.2) is 0 Å². The van der Waals surface area contributed by atoms with E-state index in [4.69, 9.17) is 9.88 Å². The summed E-state index contributed by atoms with van der Waals surface area (Å²) in [5.41, 5.74) is 1.75. The Morgan fingerprint density at radius 3 is 2.42 bits per heavy atom. The highest BCUT2D eigenvalue weighted by molar-refractivity contribution is 7.89. The Labute approximate surface area is 153 Å². The molecule has 1 fully saturated rings. The van der Waals surface area contributed by atoms with Crippen LogP contribution in [0.1, 0.15) is 25.3 Å². The Morgan fingerprint density at radius 1 is 1.19 bits per heavy atom. The maximum atomic E-state index is 13.5. The van der Waals surface area contributed by atoms with Gasteiger partial charge in [-0.05, 0) is 47.1 Å². The van der Waals surface area contributed by atoms with E-state index in [0.29, 0.717) is 23.9 Å². The van der Waals surface area contributed by atoms with Gasteiger partial charge in [0, 0.05) is 12.6 Å². The second-order valence-electron chi connectivity index (χ2n) is 7.25. The van der Waals surface area contributed by atoms with E-state index in [9.17, 15) is 12.8 Å². The summed E-state index contributed by atoms with van der Waals surface area (Å²) in [4.78, 5) is 0.110. The molecular formula is C19H23FN2O3S. The number of nitrogens with one attached hydrogen (secondary N) is 1. The zero-order chi connectivity index (χ0) is 19.1. The third kappa shape index (κ3) is 3.54. The van der Waals surface area contributed by atoms with E-state index >= 15 is 0 Å². The van der Waals surface area contributed by atoms with Crippen LogP contribution >= 0.6 is 0 Å². The smallest absolute Gasteiger partial charge is 0.238 e. The van der Waals surface area contributed by atoms with Crippen LogP contribution in [0.3, 0.4) is 0 Å². The maximum absolute atomic E-state index is 13.5. The van der Waals surface area contributed by atoms with E-state index in [2.05, 4.69) is 19.2 Å². The minimum absolute atomic E-state index is 0.0522. The summed E-state index contributed by atoms with van der Waals surface area (Å²) < 4.78 is 41.5. The number of primary sulfonamides is 1. The number of anilines is 1. The van der Waals surface area contributed by atoms with Crippen molar-refractivity contribution >= 4 is 15.7 Å². The summed E-state index contributed by atoms with van der Waals surface area (Å²) in [5.74, 6) is 0.886. The van der Waals surface area contributed by atoms with Crippen LogP contribution in [0.4, 0.5) is 10.1 Å². The van der Waals surface area contributed by atoms with Gasteiger partial charge in [-0.25, -0.2) is 17.9 Å². The number of benzene rings is 2. The minimum atomic E-state index is -3.69. The van der Waals surface area contributed by atoms with Crippen molar-refractivity contribution in [2.24, 2.45) is 16.5 Å². The van der Waals surface area contributed by atoms with E-state index in [1.165, 1.54) is 12.1 Å². The van der Waals surface area contributed by atoms with Crippen molar-refractivity contribution < 1.29 is 17.5 Å². The maximum Gasteiger partial charge on any atom is 0.238 e. The normalized spacial score (nSPS) is 21.3. The molecule has 1 aliphatic carbocycles. The van der Waals surface area contributed by atoms with Crippen LogP contribution < -0.4 is 15.2 Å². The fourth-order valence-electron chi connectivity index (χ4n) is 3.69. The van der Waals surface area contributed by atoms with Crippen molar-refractivity contribution in [1.82, 2.24) is 0 Å². The number of methoxy groups -OCH3 is 1. The van der Waals surface area contributed by atoms with Gasteiger partial charge in [-0.1, -0.05) is 26.0 Å². The number of nitrogens with two attached hydrogens (primary N) is 1. The van der Waals surface area contributed by atoms with Gasteiger partial charge in [0.25, 0.3) is 0 Å². The molecule has 0 unspecified atom stereocenters. The van der Waals surface area contributed by atoms with Crippen molar-refractivity contribution in [3.63, 3.8) is 0 Å². The zero-order valence-corrected chi connectivity index (χ0v) is 15.8. The summed E-state index contributed by atoms with van der Waals surface area (Å²) in [6.45, 7) is 5.00. The number of hydrogen-bond acceptors (Lipinski definition) is 4. The molecule has 1 aliphatic rings. The Balaban J connectivity index is 1.73. The van der Waals surface area contributed by atoms with E-state index < -0.39 is 10.0 Å². The van der Waals surface area contributed by atoms with Crippen molar-refractivity contribution in [2.45, 2.75) is 24.7 Å². The Kier molecular flexibility index (Phi) is 4.71. The second kappa shape index (κ2) is 6.55. The largest absolute Gasteiger partial charge is 0.495 e. The van der Waals surface area contributed by atoms with Gasteiger partial charge in [-0.2, -0.15) is 0 Å². The number of halogens is 1. The lowest BCUT2D eigenvalue weighted by Gasteiger charge is -2.11. The number of ether oxygens (including phenoxy) is 1. The lowest BCUT2D eigenvalue weighted by atomic mass is 10.0. The molecule has 26 heavy (non-hydrogen) atoms. The van der Waals surface area contributed by atoms with Gasteiger partial charge in [-0.15, -0.1) is 0 Å². The molecular weight excluding hydrogens is 355 g/mol. The molecule has 140 valence electrons. The van der Waals surface area contributed by atoms with Crippen LogP contribution in [0.25, 0.3) is 0 Å². The van der Waals surface area contributed by atoms with Crippen molar-refractivity contribution in [3.05, 3.63) is 53.8 Å². The van der Waals surface area contributed by atoms with Gasteiger partial charge < -0.3 is 10.1 Å². The molecule has 2 atom stereocenters. The number of hydrogen-bond donors (Lipinski definition) is 2. The van der Waals surface area contributed by atoms with Gasteiger partial charge >= 0.3 is 0 Å². The monoisotopic (exact) mass is 378 g/mol. The first-order chi connectivity index (χ1) is 12.1. The quantitative estimate of drug-likeness (QED) is 0.808. The van der Waals surface area contributed by atoms with Crippen LogP contribution in [0.5, 0.6) is 5.75 Å². The van der Waals surface area contributed by atoms with Crippen LogP contribution in [0, 0.1) is 17.2 Å². The Morgan fingerprint density at radius 2 is 1.85 bits per heavy atom. The molecule has 3 rings (SSSR count). The van der Waals surface area contributed by atoms with E-state index in [1.54, 1.807) is 25.3 Å². The summed E-state index contributed by atoms with van der Waals surface area (Å²) in [5, 5.41) is 8.43. The minimum Gasteiger partial charge on any atom is -0.495 e. The predicted octanol–water partition coefficient (Wildman–Crippen LogP) is 3.33. The third-order valence-corrected chi connectivity index (χ3v) is 6.22. The molecule has 2 aromatic rings. The Bertz CT molecular complexity index is 911. The lowest BCUT2D eigenvalue weighted by Crippen LogP contribution is -2.11. The van der Waals surface area contributed by atoms with Crippen LogP contribution in [0.15, 0.2) is 47.4 Å². The van der Waals surface area contributed by atoms with Crippen LogP contribution in [0.2, 0.25) is 0 Å². The van der Waals surface area contributed by atoms with Gasteiger partial charge in [-0.3, -0.25) is 0 Å². The molecule has 0 spiro atoms. The molecule has 5 nitrogen and oxygen atoms in total. The summed E-state index contributed by atoms with van der Waals surface area (Å²) >= 11 is 0. The van der Waals surface area contributed by atoms with E-state index in [0.717, 1.165) is 5.56 Å². The number of rotatable bonds is 6. The molecule has 7 heteroatoms. The van der Waals surface area contributed by atoms with Crippen LogP contribution in [-0.4, -0.2) is 22.1 Å². The first-order valence-electron chi connectivity index (χ1n) is 8.35. The van der Waals surface area contributed by atoms with Crippen molar-refractivity contribution in [1.29, 1.82) is 0 Å². The molecule has 0 saturated heterocycles. The molecule has 0 aliphatic heterocycles. The second-order valence-corrected chi connectivity index (χ2v) is 8.81. The highest BCUT2D eigenvalue weighted by atomic mass is 32.2. The molecule has 2 aromatic carbocycles. The van der Waals surface area contributed by atoms with Gasteiger partial charge in [0.1, 0.15) is 11.6 Å².